The van der Waals surface area contributed by atoms with Crippen molar-refractivity contribution < 1.29 is 9.72 Å². The Morgan fingerprint density at radius 1 is 1.50 bits per heavy atom. The molecule has 0 radical (unpaired) electrons. The Kier molecular flexibility index (Phi) is 4.57. The van der Waals surface area contributed by atoms with Crippen molar-refractivity contribution in [1.29, 1.82) is 0 Å². The van der Waals surface area contributed by atoms with Gasteiger partial charge in [0.05, 0.1) is 4.92 Å². The van der Waals surface area contributed by atoms with Crippen LogP contribution in [0.3, 0.4) is 0 Å². The number of nitro benzene ring substituents is 1. The first-order valence-corrected chi connectivity index (χ1v) is 6.81. The number of amides is 1. The summed E-state index contributed by atoms with van der Waals surface area (Å²) in [5, 5.41) is 17.1. The maximum Gasteiger partial charge on any atom is 0.271 e. The molecule has 2 rings (SSSR count). The molecule has 1 aliphatic rings. The molecular weight excluding hydrogens is 282 g/mol. The van der Waals surface area contributed by atoms with Crippen LogP contribution in [-0.4, -0.2) is 30.0 Å². The topological polar surface area (TPSA) is 84.3 Å². The van der Waals surface area contributed by atoms with Crippen LogP contribution in [0.2, 0.25) is 5.02 Å². The number of non-ortho nitro benzene ring substituents is 1. The van der Waals surface area contributed by atoms with E-state index in [-0.39, 0.29) is 28.2 Å². The SMILES string of the molecule is CC1CCNCC1NC(=O)c1cc(Cl)cc([N+](=O)[O-])c1. The van der Waals surface area contributed by atoms with Gasteiger partial charge in [-0.3, -0.25) is 14.9 Å². The lowest BCUT2D eigenvalue weighted by Gasteiger charge is -2.30. The molecule has 7 heteroatoms. The van der Waals surface area contributed by atoms with Gasteiger partial charge in [-0.15, -0.1) is 0 Å². The second kappa shape index (κ2) is 6.19. The first kappa shape index (κ1) is 14.7. The molecule has 1 aliphatic heterocycles. The van der Waals surface area contributed by atoms with Crippen LogP contribution in [0.15, 0.2) is 18.2 Å². The van der Waals surface area contributed by atoms with Gasteiger partial charge in [0, 0.05) is 35.3 Å². The maximum atomic E-state index is 12.2. The number of benzene rings is 1. The highest BCUT2D eigenvalue weighted by Gasteiger charge is 2.24. The molecule has 0 bridgehead atoms. The molecule has 20 heavy (non-hydrogen) atoms. The number of nitro groups is 1. The van der Waals surface area contributed by atoms with E-state index in [1.807, 2.05) is 0 Å². The third-order valence-electron chi connectivity index (χ3n) is 3.50. The minimum Gasteiger partial charge on any atom is -0.348 e. The number of halogens is 1. The number of piperidine rings is 1. The van der Waals surface area contributed by atoms with Crippen molar-refractivity contribution in [2.24, 2.45) is 5.92 Å². The van der Waals surface area contributed by atoms with Gasteiger partial charge in [-0.05, 0) is 24.9 Å². The largest absolute Gasteiger partial charge is 0.348 e. The van der Waals surface area contributed by atoms with E-state index < -0.39 is 4.92 Å². The lowest BCUT2D eigenvalue weighted by atomic mass is 9.94. The van der Waals surface area contributed by atoms with E-state index in [0.717, 1.165) is 13.0 Å². The van der Waals surface area contributed by atoms with Crippen molar-refractivity contribution >= 4 is 23.2 Å². The third-order valence-corrected chi connectivity index (χ3v) is 3.72. The molecule has 2 N–H and O–H groups in total. The van der Waals surface area contributed by atoms with Gasteiger partial charge in [0.2, 0.25) is 0 Å². The van der Waals surface area contributed by atoms with Crippen LogP contribution in [0, 0.1) is 16.0 Å². The zero-order chi connectivity index (χ0) is 14.7. The minimum absolute atomic E-state index is 0.0225. The number of carbonyl (C=O) groups excluding carboxylic acids is 1. The maximum absolute atomic E-state index is 12.2. The molecule has 0 spiro atoms. The van der Waals surface area contributed by atoms with Crippen molar-refractivity contribution in [2.45, 2.75) is 19.4 Å². The first-order chi connectivity index (χ1) is 9.47. The molecule has 1 saturated heterocycles. The number of nitrogens with one attached hydrogen (secondary N) is 2. The molecule has 108 valence electrons. The van der Waals surface area contributed by atoms with Gasteiger partial charge in [0.25, 0.3) is 11.6 Å². The van der Waals surface area contributed by atoms with Gasteiger partial charge in [0.1, 0.15) is 0 Å². The van der Waals surface area contributed by atoms with Crippen LogP contribution < -0.4 is 10.6 Å². The van der Waals surface area contributed by atoms with Crippen LogP contribution in [0.1, 0.15) is 23.7 Å². The molecule has 1 aromatic carbocycles. The first-order valence-electron chi connectivity index (χ1n) is 6.44. The quantitative estimate of drug-likeness (QED) is 0.660. The molecule has 2 unspecified atom stereocenters. The monoisotopic (exact) mass is 297 g/mol. The van der Waals surface area contributed by atoms with Crippen molar-refractivity contribution in [2.75, 3.05) is 13.1 Å². The van der Waals surface area contributed by atoms with Crippen LogP contribution in [0.5, 0.6) is 0 Å². The van der Waals surface area contributed by atoms with Gasteiger partial charge in [0.15, 0.2) is 0 Å². The van der Waals surface area contributed by atoms with E-state index in [9.17, 15) is 14.9 Å². The number of hydrogen-bond acceptors (Lipinski definition) is 4. The molecular formula is C13H16ClN3O3. The highest BCUT2D eigenvalue weighted by Crippen LogP contribution is 2.21. The number of nitrogens with zero attached hydrogens (tertiary/aromatic N) is 1. The predicted octanol–water partition coefficient (Wildman–Crippen LogP) is 1.98. The highest BCUT2D eigenvalue weighted by atomic mass is 35.5. The van der Waals surface area contributed by atoms with Gasteiger partial charge >= 0.3 is 0 Å². The molecule has 6 nitrogen and oxygen atoms in total. The summed E-state index contributed by atoms with van der Waals surface area (Å²) in [7, 11) is 0. The Morgan fingerprint density at radius 3 is 2.90 bits per heavy atom. The molecule has 0 aromatic heterocycles. The lowest BCUT2D eigenvalue weighted by molar-refractivity contribution is -0.384. The van der Waals surface area contributed by atoms with Crippen molar-refractivity contribution in [3.05, 3.63) is 38.9 Å². The standard InChI is InChI=1S/C13H16ClN3O3/c1-8-2-3-15-7-12(8)16-13(18)9-4-10(14)6-11(5-9)17(19)20/h4-6,8,12,15H,2-3,7H2,1H3,(H,16,18). The second-order valence-corrected chi connectivity index (χ2v) is 5.44. The van der Waals surface area contributed by atoms with Gasteiger partial charge in [-0.2, -0.15) is 0 Å². The Hall–Kier alpha value is -1.66. The Morgan fingerprint density at radius 2 is 2.25 bits per heavy atom. The fourth-order valence-corrected chi connectivity index (χ4v) is 2.47. The van der Waals surface area contributed by atoms with Crippen LogP contribution in [-0.2, 0) is 0 Å². The van der Waals surface area contributed by atoms with Gasteiger partial charge in [-0.1, -0.05) is 18.5 Å². The van der Waals surface area contributed by atoms with Crippen LogP contribution in [0.25, 0.3) is 0 Å². The zero-order valence-electron chi connectivity index (χ0n) is 11.1. The number of rotatable bonds is 3. The van der Waals surface area contributed by atoms with E-state index >= 15 is 0 Å². The molecule has 0 aliphatic carbocycles. The summed E-state index contributed by atoms with van der Waals surface area (Å²) >= 11 is 5.81. The van der Waals surface area contributed by atoms with E-state index in [1.165, 1.54) is 18.2 Å². The van der Waals surface area contributed by atoms with Gasteiger partial charge in [-0.25, -0.2) is 0 Å². The summed E-state index contributed by atoms with van der Waals surface area (Å²) in [6.45, 7) is 3.72. The fraction of sp³-hybridized carbons (Fsp3) is 0.462. The van der Waals surface area contributed by atoms with Gasteiger partial charge < -0.3 is 10.6 Å². The highest BCUT2D eigenvalue weighted by molar-refractivity contribution is 6.31. The molecule has 1 heterocycles. The van der Waals surface area contributed by atoms with E-state index in [2.05, 4.69) is 17.6 Å². The summed E-state index contributed by atoms with van der Waals surface area (Å²) < 4.78 is 0. The smallest absolute Gasteiger partial charge is 0.271 e. The summed E-state index contributed by atoms with van der Waals surface area (Å²) in [5.74, 6) is 0.0329. The number of hydrogen-bond donors (Lipinski definition) is 2. The minimum atomic E-state index is -0.562. The predicted molar refractivity (Wildman–Crippen MR) is 76.0 cm³/mol. The summed E-state index contributed by atoms with van der Waals surface area (Å²) in [6.07, 6.45) is 0.987. The Balaban J connectivity index is 2.14. The normalized spacial score (nSPS) is 22.3. The van der Waals surface area contributed by atoms with E-state index in [0.29, 0.717) is 12.5 Å². The number of carbonyl (C=O) groups is 1. The van der Waals surface area contributed by atoms with E-state index in [4.69, 9.17) is 11.6 Å². The average molecular weight is 298 g/mol. The summed E-state index contributed by atoms with van der Waals surface area (Å²) in [5.41, 5.74) is 0.0273. The van der Waals surface area contributed by atoms with Crippen LogP contribution in [0.4, 0.5) is 5.69 Å². The summed E-state index contributed by atoms with van der Waals surface area (Å²) in [6, 6.07) is 3.92. The Labute approximate surface area is 121 Å². The van der Waals surface area contributed by atoms with E-state index in [1.54, 1.807) is 0 Å². The van der Waals surface area contributed by atoms with Crippen molar-refractivity contribution in [1.82, 2.24) is 10.6 Å². The third kappa shape index (κ3) is 3.46. The van der Waals surface area contributed by atoms with Crippen molar-refractivity contribution in [3.8, 4) is 0 Å². The molecule has 2 atom stereocenters. The molecule has 1 fully saturated rings. The molecule has 0 saturated carbocycles. The average Bonchev–Trinajstić information content (AvgIpc) is 2.40. The second-order valence-electron chi connectivity index (χ2n) is 5.01. The molecule has 1 aromatic rings. The van der Waals surface area contributed by atoms with Crippen LogP contribution >= 0.6 is 11.6 Å². The van der Waals surface area contributed by atoms with Crippen molar-refractivity contribution in [3.63, 3.8) is 0 Å². The molecule has 1 amide bonds. The fourth-order valence-electron chi connectivity index (χ4n) is 2.25. The summed E-state index contributed by atoms with van der Waals surface area (Å²) in [4.78, 5) is 22.4. The Bertz CT molecular complexity index is 536. The zero-order valence-corrected chi connectivity index (χ0v) is 11.8. The lowest BCUT2D eigenvalue weighted by Crippen LogP contribution is -2.50.